The van der Waals surface area contributed by atoms with Gasteiger partial charge < -0.3 is 16.2 Å². The van der Waals surface area contributed by atoms with Gasteiger partial charge >= 0.3 is 5.97 Å². The quantitative estimate of drug-likeness (QED) is 0.725. The Morgan fingerprint density at radius 3 is 2.81 bits per heavy atom. The van der Waals surface area contributed by atoms with Crippen LogP contribution in [0.5, 0.6) is 0 Å². The van der Waals surface area contributed by atoms with Gasteiger partial charge in [0.15, 0.2) is 0 Å². The monoisotopic (exact) mass is 291 g/mol. The molecule has 4 N–H and O–H groups in total. The topological polar surface area (TPSA) is 105 Å². The van der Waals surface area contributed by atoms with Crippen molar-refractivity contribution in [3.8, 4) is 0 Å². The molecule has 1 aromatic heterocycles. The van der Waals surface area contributed by atoms with Gasteiger partial charge in [-0.05, 0) is 25.0 Å². The SMILES string of the molecule is NCc1cc(C(=O)NC2CCCCCC2C(=O)O)ccn1. The van der Waals surface area contributed by atoms with Gasteiger partial charge in [-0.1, -0.05) is 19.3 Å². The number of carboxylic acids is 1. The van der Waals surface area contributed by atoms with Crippen molar-refractivity contribution in [2.75, 3.05) is 0 Å². The molecule has 1 amide bonds. The fraction of sp³-hybridized carbons (Fsp3) is 0.533. The number of nitrogens with zero attached hydrogens (tertiary/aromatic N) is 1. The number of hydrogen-bond acceptors (Lipinski definition) is 4. The first kappa shape index (κ1) is 15.4. The molecule has 21 heavy (non-hydrogen) atoms. The number of nitrogens with two attached hydrogens (primary N) is 1. The molecule has 0 saturated heterocycles. The third-order valence-electron chi connectivity index (χ3n) is 3.94. The summed E-state index contributed by atoms with van der Waals surface area (Å²) in [6.07, 6.45) is 5.72. The highest BCUT2D eigenvalue weighted by molar-refractivity contribution is 5.94. The fourth-order valence-electron chi connectivity index (χ4n) is 2.76. The predicted octanol–water partition coefficient (Wildman–Crippen LogP) is 1.30. The predicted molar refractivity (Wildman–Crippen MR) is 77.6 cm³/mol. The number of aliphatic carboxylic acids is 1. The molecule has 0 bridgehead atoms. The highest BCUT2D eigenvalue weighted by Crippen LogP contribution is 2.24. The van der Waals surface area contributed by atoms with Crippen molar-refractivity contribution in [3.05, 3.63) is 29.6 Å². The molecular formula is C15H21N3O3. The van der Waals surface area contributed by atoms with Crippen molar-refractivity contribution in [1.82, 2.24) is 10.3 Å². The molecule has 2 rings (SSSR count). The number of hydrogen-bond donors (Lipinski definition) is 3. The standard InChI is InChI=1S/C15H21N3O3/c16-9-11-8-10(6-7-17-11)14(19)18-13-5-3-1-2-4-12(13)15(20)21/h6-8,12-13H,1-5,9,16H2,(H,18,19)(H,20,21). The van der Waals surface area contributed by atoms with Gasteiger partial charge in [0.1, 0.15) is 0 Å². The van der Waals surface area contributed by atoms with Crippen LogP contribution in [0.15, 0.2) is 18.3 Å². The summed E-state index contributed by atoms with van der Waals surface area (Å²) in [5.74, 6) is -1.60. The number of carboxylic acid groups (broad SMARTS) is 1. The molecule has 0 spiro atoms. The lowest BCUT2D eigenvalue weighted by molar-refractivity contribution is -0.142. The normalized spacial score (nSPS) is 22.3. The first-order valence-electron chi connectivity index (χ1n) is 7.30. The maximum absolute atomic E-state index is 12.3. The Labute approximate surface area is 123 Å². The Kier molecular flexibility index (Phi) is 5.27. The number of amides is 1. The largest absolute Gasteiger partial charge is 0.481 e. The van der Waals surface area contributed by atoms with Crippen LogP contribution in [0.3, 0.4) is 0 Å². The molecule has 1 aliphatic carbocycles. The zero-order valence-corrected chi connectivity index (χ0v) is 11.9. The van der Waals surface area contributed by atoms with Gasteiger partial charge in [-0.3, -0.25) is 14.6 Å². The molecular weight excluding hydrogens is 270 g/mol. The third kappa shape index (κ3) is 4.01. The van der Waals surface area contributed by atoms with Crippen LogP contribution in [0.25, 0.3) is 0 Å². The van der Waals surface area contributed by atoms with Crippen LogP contribution in [0.1, 0.15) is 48.2 Å². The Hall–Kier alpha value is -1.95. The van der Waals surface area contributed by atoms with Crippen molar-refractivity contribution >= 4 is 11.9 Å². The van der Waals surface area contributed by atoms with Crippen LogP contribution >= 0.6 is 0 Å². The van der Waals surface area contributed by atoms with Crippen molar-refractivity contribution in [2.45, 2.75) is 44.7 Å². The molecule has 1 saturated carbocycles. The average molecular weight is 291 g/mol. The summed E-state index contributed by atoms with van der Waals surface area (Å²) < 4.78 is 0. The van der Waals surface area contributed by atoms with Gasteiger partial charge in [-0.15, -0.1) is 0 Å². The van der Waals surface area contributed by atoms with E-state index in [9.17, 15) is 14.7 Å². The van der Waals surface area contributed by atoms with Gasteiger partial charge in [0.2, 0.25) is 0 Å². The van der Waals surface area contributed by atoms with Gasteiger partial charge in [-0.25, -0.2) is 0 Å². The molecule has 6 nitrogen and oxygen atoms in total. The third-order valence-corrected chi connectivity index (χ3v) is 3.94. The first-order valence-corrected chi connectivity index (χ1v) is 7.30. The zero-order valence-electron chi connectivity index (χ0n) is 11.9. The molecule has 1 aromatic rings. The van der Waals surface area contributed by atoms with Crippen molar-refractivity contribution in [2.24, 2.45) is 11.7 Å². The Morgan fingerprint density at radius 1 is 1.33 bits per heavy atom. The van der Waals surface area contributed by atoms with Crippen LogP contribution in [0, 0.1) is 5.92 Å². The second-order valence-corrected chi connectivity index (χ2v) is 5.40. The molecule has 0 radical (unpaired) electrons. The number of rotatable bonds is 4. The second-order valence-electron chi connectivity index (χ2n) is 5.40. The van der Waals surface area contributed by atoms with Crippen LogP contribution in [-0.2, 0) is 11.3 Å². The number of carbonyl (C=O) groups is 2. The van der Waals surface area contributed by atoms with E-state index in [-0.39, 0.29) is 18.5 Å². The van der Waals surface area contributed by atoms with E-state index in [2.05, 4.69) is 10.3 Å². The Morgan fingerprint density at radius 2 is 2.10 bits per heavy atom. The molecule has 1 fully saturated rings. The first-order chi connectivity index (χ1) is 10.1. The highest BCUT2D eigenvalue weighted by Gasteiger charge is 2.30. The molecule has 2 atom stereocenters. The number of pyridine rings is 1. The average Bonchev–Trinajstić information content (AvgIpc) is 2.72. The molecule has 2 unspecified atom stereocenters. The lowest BCUT2D eigenvalue weighted by Crippen LogP contribution is -2.42. The highest BCUT2D eigenvalue weighted by atomic mass is 16.4. The summed E-state index contributed by atoms with van der Waals surface area (Å²) in [6.45, 7) is 0.266. The minimum absolute atomic E-state index is 0.259. The summed E-state index contributed by atoms with van der Waals surface area (Å²) in [5, 5.41) is 12.2. The van der Waals surface area contributed by atoms with E-state index in [4.69, 9.17) is 5.73 Å². The van der Waals surface area contributed by atoms with E-state index < -0.39 is 11.9 Å². The van der Waals surface area contributed by atoms with E-state index in [0.29, 0.717) is 24.1 Å². The Bertz CT molecular complexity index is 519. The van der Waals surface area contributed by atoms with Crippen LogP contribution in [0.4, 0.5) is 0 Å². The minimum atomic E-state index is -0.834. The maximum Gasteiger partial charge on any atom is 0.308 e. The summed E-state index contributed by atoms with van der Waals surface area (Å²) in [4.78, 5) is 27.7. The van der Waals surface area contributed by atoms with Crippen LogP contribution in [0.2, 0.25) is 0 Å². The lowest BCUT2D eigenvalue weighted by Gasteiger charge is -2.23. The number of carbonyl (C=O) groups excluding carboxylic acids is 1. The summed E-state index contributed by atoms with van der Waals surface area (Å²) in [6, 6.07) is 2.94. The fourth-order valence-corrected chi connectivity index (χ4v) is 2.76. The summed E-state index contributed by atoms with van der Waals surface area (Å²) in [5.41, 5.74) is 6.62. The van der Waals surface area contributed by atoms with Gasteiger partial charge in [0.05, 0.1) is 11.6 Å². The molecule has 1 aliphatic rings. The maximum atomic E-state index is 12.3. The van der Waals surface area contributed by atoms with Crippen LogP contribution in [-0.4, -0.2) is 28.0 Å². The van der Waals surface area contributed by atoms with Crippen molar-refractivity contribution in [1.29, 1.82) is 0 Å². The second kappa shape index (κ2) is 7.17. The van der Waals surface area contributed by atoms with Gasteiger partial charge in [-0.2, -0.15) is 0 Å². The Balaban J connectivity index is 2.10. The van der Waals surface area contributed by atoms with E-state index in [0.717, 1.165) is 19.3 Å². The van der Waals surface area contributed by atoms with Crippen molar-refractivity contribution in [3.63, 3.8) is 0 Å². The summed E-state index contributed by atoms with van der Waals surface area (Å²) in [7, 11) is 0. The van der Waals surface area contributed by atoms with Crippen molar-refractivity contribution < 1.29 is 14.7 Å². The summed E-state index contributed by atoms with van der Waals surface area (Å²) >= 11 is 0. The molecule has 6 heteroatoms. The van der Waals surface area contributed by atoms with E-state index in [1.54, 1.807) is 18.3 Å². The number of aromatic nitrogens is 1. The van der Waals surface area contributed by atoms with E-state index in [1.165, 1.54) is 0 Å². The molecule has 0 aromatic carbocycles. The molecule has 0 aliphatic heterocycles. The molecule has 1 heterocycles. The van der Waals surface area contributed by atoms with E-state index >= 15 is 0 Å². The van der Waals surface area contributed by atoms with Gasteiger partial charge in [0, 0.05) is 24.3 Å². The molecule has 114 valence electrons. The number of nitrogens with one attached hydrogen (secondary N) is 1. The minimum Gasteiger partial charge on any atom is -0.481 e. The van der Waals surface area contributed by atoms with Crippen LogP contribution < -0.4 is 11.1 Å². The van der Waals surface area contributed by atoms with E-state index in [1.807, 2.05) is 0 Å². The lowest BCUT2D eigenvalue weighted by atomic mass is 9.94. The zero-order chi connectivity index (χ0) is 15.2. The smallest absolute Gasteiger partial charge is 0.308 e. The van der Waals surface area contributed by atoms with Gasteiger partial charge in [0.25, 0.3) is 5.91 Å².